The van der Waals surface area contributed by atoms with E-state index in [0.717, 1.165) is 6.42 Å². The van der Waals surface area contributed by atoms with Gasteiger partial charge in [-0.15, -0.1) is 0 Å². The lowest BCUT2D eigenvalue weighted by molar-refractivity contribution is -0.384. The molecule has 0 bridgehead atoms. The van der Waals surface area contributed by atoms with Gasteiger partial charge in [0, 0.05) is 18.7 Å². The summed E-state index contributed by atoms with van der Waals surface area (Å²) in [6.45, 7) is 0.0873. The van der Waals surface area contributed by atoms with E-state index in [4.69, 9.17) is 4.74 Å². The first-order chi connectivity index (χ1) is 13.4. The quantitative estimate of drug-likeness (QED) is 0.416. The van der Waals surface area contributed by atoms with Gasteiger partial charge in [-0.3, -0.25) is 14.9 Å². The minimum Gasteiger partial charge on any atom is -0.460 e. The number of non-ortho nitro benzene ring substituents is 1. The molecule has 1 aliphatic rings. The minimum absolute atomic E-state index is 0.0977. The highest BCUT2D eigenvalue weighted by molar-refractivity contribution is 7.89. The molecule has 1 saturated heterocycles. The molecule has 2 aromatic carbocycles. The van der Waals surface area contributed by atoms with Crippen molar-refractivity contribution in [2.45, 2.75) is 36.8 Å². The van der Waals surface area contributed by atoms with Gasteiger partial charge in [-0.25, -0.2) is 8.42 Å². The van der Waals surface area contributed by atoms with E-state index in [1.165, 1.54) is 34.6 Å². The van der Waals surface area contributed by atoms with Crippen LogP contribution in [0.15, 0.2) is 59.5 Å². The summed E-state index contributed by atoms with van der Waals surface area (Å²) >= 11 is 0. The second-order valence-electron chi connectivity index (χ2n) is 6.48. The molecule has 1 atom stereocenters. The van der Waals surface area contributed by atoms with Crippen molar-refractivity contribution in [3.63, 3.8) is 0 Å². The Labute approximate surface area is 162 Å². The van der Waals surface area contributed by atoms with Crippen LogP contribution in [0.2, 0.25) is 0 Å². The Morgan fingerprint density at radius 3 is 2.61 bits per heavy atom. The molecular weight excluding hydrogens is 384 g/mol. The molecule has 1 aliphatic heterocycles. The fraction of sp³-hybridized carbons (Fsp3) is 0.316. The first-order valence-corrected chi connectivity index (χ1v) is 10.3. The smallest absolute Gasteiger partial charge is 0.324 e. The Balaban J connectivity index is 1.74. The van der Waals surface area contributed by atoms with Gasteiger partial charge in [0.2, 0.25) is 10.0 Å². The van der Waals surface area contributed by atoms with Crippen LogP contribution in [0, 0.1) is 10.1 Å². The highest BCUT2D eigenvalue weighted by Crippen LogP contribution is 2.26. The standard InChI is InChI=1S/C19H20N2O6S/c22-19(27-14-15-7-6-8-16(13-15)21(23)24)18-11-4-5-12-20(18)28(25,26)17-9-2-1-3-10-17/h1-3,6-10,13,18H,4-5,11-12,14H2. The lowest BCUT2D eigenvalue weighted by Crippen LogP contribution is -2.48. The number of hydrogen-bond acceptors (Lipinski definition) is 6. The molecule has 0 aromatic heterocycles. The van der Waals surface area contributed by atoms with Gasteiger partial charge in [-0.2, -0.15) is 4.31 Å². The minimum atomic E-state index is -3.81. The van der Waals surface area contributed by atoms with E-state index in [2.05, 4.69) is 0 Å². The third kappa shape index (κ3) is 4.37. The predicted octanol–water partition coefficient (Wildman–Crippen LogP) is 2.88. The summed E-state index contributed by atoms with van der Waals surface area (Å²) in [6, 6.07) is 12.9. The van der Waals surface area contributed by atoms with Crippen LogP contribution in [0.3, 0.4) is 0 Å². The van der Waals surface area contributed by atoms with Crippen LogP contribution >= 0.6 is 0 Å². The Morgan fingerprint density at radius 1 is 1.14 bits per heavy atom. The number of nitrogens with zero attached hydrogens (tertiary/aromatic N) is 2. The first-order valence-electron chi connectivity index (χ1n) is 8.86. The molecule has 1 fully saturated rings. The largest absolute Gasteiger partial charge is 0.460 e. The van der Waals surface area contributed by atoms with E-state index >= 15 is 0 Å². The zero-order valence-corrected chi connectivity index (χ0v) is 15.9. The number of carbonyl (C=O) groups excluding carboxylic acids is 1. The van der Waals surface area contributed by atoms with Gasteiger partial charge in [0.15, 0.2) is 0 Å². The summed E-state index contributed by atoms with van der Waals surface area (Å²) in [7, 11) is -3.81. The molecular formula is C19H20N2O6S. The predicted molar refractivity (Wildman–Crippen MR) is 101 cm³/mol. The van der Waals surface area contributed by atoms with Crippen LogP contribution in [0.4, 0.5) is 5.69 Å². The van der Waals surface area contributed by atoms with E-state index in [1.54, 1.807) is 24.3 Å². The van der Waals surface area contributed by atoms with Crippen LogP contribution in [0.25, 0.3) is 0 Å². The maximum atomic E-state index is 12.9. The fourth-order valence-electron chi connectivity index (χ4n) is 3.17. The summed E-state index contributed by atoms with van der Waals surface area (Å²) in [6.07, 6.45) is 1.76. The Morgan fingerprint density at radius 2 is 1.89 bits per heavy atom. The van der Waals surface area contributed by atoms with Crippen molar-refractivity contribution >= 4 is 21.7 Å². The second kappa shape index (κ2) is 8.49. The normalized spacial score (nSPS) is 17.8. The van der Waals surface area contributed by atoms with E-state index in [-0.39, 0.29) is 23.7 Å². The summed E-state index contributed by atoms with van der Waals surface area (Å²) in [5.41, 5.74) is 0.371. The van der Waals surface area contributed by atoms with Crippen molar-refractivity contribution in [3.8, 4) is 0 Å². The van der Waals surface area contributed by atoms with Crippen LogP contribution < -0.4 is 0 Å². The van der Waals surface area contributed by atoms with Crippen LogP contribution in [-0.4, -0.2) is 36.2 Å². The van der Waals surface area contributed by atoms with Gasteiger partial charge in [0.1, 0.15) is 12.6 Å². The molecule has 0 aliphatic carbocycles. The second-order valence-corrected chi connectivity index (χ2v) is 8.37. The maximum Gasteiger partial charge on any atom is 0.324 e. The highest BCUT2D eigenvalue weighted by atomic mass is 32.2. The third-order valence-electron chi connectivity index (χ3n) is 4.58. The fourth-order valence-corrected chi connectivity index (χ4v) is 4.83. The van der Waals surface area contributed by atoms with Crippen molar-refractivity contribution in [1.82, 2.24) is 4.31 Å². The van der Waals surface area contributed by atoms with Gasteiger partial charge < -0.3 is 4.74 Å². The Bertz CT molecular complexity index is 961. The number of piperidine rings is 1. The number of nitro benzene ring substituents is 1. The molecule has 28 heavy (non-hydrogen) atoms. The summed E-state index contributed by atoms with van der Waals surface area (Å²) < 4.78 is 32.4. The molecule has 0 saturated carbocycles. The molecule has 3 rings (SSSR count). The zero-order chi connectivity index (χ0) is 20.1. The van der Waals surface area contributed by atoms with E-state index in [1.807, 2.05) is 0 Å². The third-order valence-corrected chi connectivity index (χ3v) is 6.50. The van der Waals surface area contributed by atoms with Crippen LogP contribution in [-0.2, 0) is 26.2 Å². The van der Waals surface area contributed by atoms with Gasteiger partial charge in [-0.05, 0) is 37.0 Å². The monoisotopic (exact) mass is 404 g/mol. The van der Waals surface area contributed by atoms with Crippen molar-refractivity contribution in [1.29, 1.82) is 0 Å². The number of esters is 1. The van der Waals surface area contributed by atoms with Crippen LogP contribution in [0.5, 0.6) is 0 Å². The van der Waals surface area contributed by atoms with Gasteiger partial charge in [-0.1, -0.05) is 30.3 Å². The molecule has 0 spiro atoms. The Kier molecular flexibility index (Phi) is 6.05. The zero-order valence-electron chi connectivity index (χ0n) is 15.1. The number of rotatable bonds is 6. The molecule has 9 heteroatoms. The number of sulfonamides is 1. The molecule has 1 heterocycles. The van der Waals surface area contributed by atoms with Crippen molar-refractivity contribution in [3.05, 3.63) is 70.3 Å². The molecule has 148 valence electrons. The van der Waals surface area contributed by atoms with E-state index in [0.29, 0.717) is 18.4 Å². The number of nitro groups is 1. The van der Waals surface area contributed by atoms with Gasteiger partial charge in [0.25, 0.3) is 5.69 Å². The van der Waals surface area contributed by atoms with E-state index in [9.17, 15) is 23.3 Å². The van der Waals surface area contributed by atoms with Crippen molar-refractivity contribution in [2.24, 2.45) is 0 Å². The number of hydrogen-bond donors (Lipinski definition) is 0. The summed E-state index contributed by atoms with van der Waals surface area (Å²) in [5, 5.41) is 10.9. The first kappa shape index (κ1) is 20.0. The number of ether oxygens (including phenoxy) is 1. The average molecular weight is 404 g/mol. The number of benzene rings is 2. The van der Waals surface area contributed by atoms with Gasteiger partial charge >= 0.3 is 5.97 Å². The van der Waals surface area contributed by atoms with E-state index < -0.39 is 27.0 Å². The van der Waals surface area contributed by atoms with Gasteiger partial charge in [0.05, 0.1) is 9.82 Å². The maximum absolute atomic E-state index is 12.9. The summed E-state index contributed by atoms with van der Waals surface area (Å²) in [4.78, 5) is 23.1. The molecule has 2 aromatic rings. The topological polar surface area (TPSA) is 107 Å². The molecule has 8 nitrogen and oxygen atoms in total. The lowest BCUT2D eigenvalue weighted by atomic mass is 10.1. The Hall–Kier alpha value is -2.78. The average Bonchev–Trinajstić information content (AvgIpc) is 2.73. The lowest BCUT2D eigenvalue weighted by Gasteiger charge is -2.33. The van der Waals surface area contributed by atoms with Crippen molar-refractivity contribution in [2.75, 3.05) is 6.54 Å². The number of carbonyl (C=O) groups is 1. The SMILES string of the molecule is O=C(OCc1cccc([N+](=O)[O-])c1)C1CCCCN1S(=O)(=O)c1ccccc1. The van der Waals surface area contributed by atoms with Crippen LogP contribution in [0.1, 0.15) is 24.8 Å². The summed E-state index contributed by atoms with van der Waals surface area (Å²) in [5.74, 6) is -0.647. The molecule has 1 unspecified atom stereocenters. The van der Waals surface area contributed by atoms with Crippen molar-refractivity contribution < 1.29 is 22.9 Å². The highest BCUT2D eigenvalue weighted by Gasteiger charge is 2.38. The molecule has 0 amide bonds. The molecule has 0 N–H and O–H groups in total. The molecule has 0 radical (unpaired) electrons.